The van der Waals surface area contributed by atoms with E-state index in [-0.39, 0.29) is 6.42 Å². The van der Waals surface area contributed by atoms with Crippen LogP contribution in [0.15, 0.2) is 24.3 Å². The number of carboxylic acids is 1. The summed E-state index contributed by atoms with van der Waals surface area (Å²) >= 11 is 0. The molecule has 1 aromatic carbocycles. The van der Waals surface area contributed by atoms with E-state index in [1.165, 1.54) is 0 Å². The van der Waals surface area contributed by atoms with Crippen LogP contribution in [0.2, 0.25) is 0 Å². The Morgan fingerprint density at radius 3 is 2.75 bits per heavy atom. The molecular formula is C16H19NO3. The van der Waals surface area contributed by atoms with Crippen LogP contribution in [0.4, 0.5) is 0 Å². The van der Waals surface area contributed by atoms with Crippen molar-refractivity contribution in [3.05, 3.63) is 35.5 Å². The number of aliphatic carboxylic acids is 1. The lowest BCUT2D eigenvalue weighted by atomic mass is 10.1. The molecule has 0 saturated heterocycles. The van der Waals surface area contributed by atoms with Crippen molar-refractivity contribution >= 4 is 16.9 Å². The zero-order chi connectivity index (χ0) is 14.7. The summed E-state index contributed by atoms with van der Waals surface area (Å²) in [6, 6.07) is 7.54. The van der Waals surface area contributed by atoms with E-state index >= 15 is 0 Å². The summed E-state index contributed by atoms with van der Waals surface area (Å²) in [6.07, 6.45) is -0.0532. The van der Waals surface area contributed by atoms with Gasteiger partial charge < -0.3 is 9.84 Å². The Morgan fingerprint density at radius 1 is 1.35 bits per heavy atom. The van der Waals surface area contributed by atoms with Crippen molar-refractivity contribution in [2.75, 3.05) is 6.61 Å². The fourth-order valence-electron chi connectivity index (χ4n) is 2.04. The number of benzene rings is 1. The Morgan fingerprint density at radius 2 is 2.10 bits per heavy atom. The molecule has 20 heavy (non-hydrogen) atoms. The first-order valence-electron chi connectivity index (χ1n) is 6.70. The Bertz CT molecular complexity index is 635. The highest BCUT2D eigenvalue weighted by Gasteiger charge is 2.08. The monoisotopic (exact) mass is 273 g/mol. The zero-order valence-electron chi connectivity index (χ0n) is 12.0. The van der Waals surface area contributed by atoms with Crippen molar-refractivity contribution in [3.8, 4) is 5.75 Å². The average molecular weight is 273 g/mol. The number of pyridine rings is 1. The number of aromatic nitrogens is 1. The van der Waals surface area contributed by atoms with Crippen LogP contribution in [0.3, 0.4) is 0 Å². The van der Waals surface area contributed by atoms with Gasteiger partial charge in [-0.15, -0.1) is 0 Å². The highest BCUT2D eigenvalue weighted by atomic mass is 16.5. The third kappa shape index (κ3) is 3.47. The van der Waals surface area contributed by atoms with Gasteiger partial charge in [-0.25, -0.2) is 0 Å². The van der Waals surface area contributed by atoms with E-state index in [1.54, 1.807) is 0 Å². The van der Waals surface area contributed by atoms with E-state index in [0.717, 1.165) is 22.2 Å². The Labute approximate surface area is 118 Å². The van der Waals surface area contributed by atoms with Gasteiger partial charge in [0.1, 0.15) is 5.75 Å². The van der Waals surface area contributed by atoms with Crippen LogP contribution in [0, 0.1) is 12.8 Å². The van der Waals surface area contributed by atoms with Crippen LogP contribution >= 0.6 is 0 Å². The van der Waals surface area contributed by atoms with E-state index in [9.17, 15) is 4.79 Å². The predicted molar refractivity (Wildman–Crippen MR) is 78.2 cm³/mol. The van der Waals surface area contributed by atoms with Crippen molar-refractivity contribution in [1.82, 2.24) is 4.98 Å². The maximum atomic E-state index is 10.8. The minimum atomic E-state index is -0.867. The lowest BCUT2D eigenvalue weighted by Crippen LogP contribution is -2.05. The second-order valence-corrected chi connectivity index (χ2v) is 5.38. The molecule has 0 bridgehead atoms. The summed E-state index contributed by atoms with van der Waals surface area (Å²) in [5, 5.41) is 9.84. The highest BCUT2D eigenvalue weighted by molar-refractivity contribution is 5.84. The Balaban J connectivity index is 2.33. The SMILES string of the molecule is Cc1cc(CC(=O)O)nc2ccc(OCC(C)C)cc12. The van der Waals surface area contributed by atoms with Crippen LogP contribution in [-0.2, 0) is 11.2 Å². The van der Waals surface area contributed by atoms with Crippen molar-refractivity contribution in [1.29, 1.82) is 0 Å². The van der Waals surface area contributed by atoms with Crippen molar-refractivity contribution in [2.24, 2.45) is 5.92 Å². The summed E-state index contributed by atoms with van der Waals surface area (Å²) in [6.45, 7) is 6.84. The number of rotatable bonds is 5. The Kier molecular flexibility index (Phi) is 4.23. The third-order valence-electron chi connectivity index (χ3n) is 2.96. The normalized spacial score (nSPS) is 11.0. The van der Waals surface area contributed by atoms with Gasteiger partial charge in [-0.1, -0.05) is 13.8 Å². The smallest absolute Gasteiger partial charge is 0.309 e. The lowest BCUT2D eigenvalue weighted by Gasteiger charge is -2.11. The van der Waals surface area contributed by atoms with Gasteiger partial charge in [0.15, 0.2) is 0 Å². The summed E-state index contributed by atoms with van der Waals surface area (Å²) in [7, 11) is 0. The molecule has 2 aromatic rings. The van der Waals surface area contributed by atoms with Gasteiger partial charge in [-0.3, -0.25) is 9.78 Å². The number of aryl methyl sites for hydroxylation is 1. The topological polar surface area (TPSA) is 59.4 Å². The largest absolute Gasteiger partial charge is 0.493 e. The molecule has 1 aromatic heterocycles. The summed E-state index contributed by atoms with van der Waals surface area (Å²) in [5.41, 5.74) is 2.40. The molecule has 4 nitrogen and oxygen atoms in total. The standard InChI is InChI=1S/C16H19NO3/c1-10(2)9-20-13-4-5-15-14(8-13)11(3)6-12(17-15)7-16(18)19/h4-6,8,10H,7,9H2,1-3H3,(H,18,19). The van der Waals surface area contributed by atoms with Gasteiger partial charge in [0.2, 0.25) is 0 Å². The molecule has 0 unspecified atom stereocenters. The molecule has 0 aliphatic rings. The summed E-state index contributed by atoms with van der Waals surface area (Å²) < 4.78 is 5.70. The van der Waals surface area contributed by atoms with E-state index in [4.69, 9.17) is 9.84 Å². The second-order valence-electron chi connectivity index (χ2n) is 5.38. The van der Waals surface area contributed by atoms with Crippen molar-refractivity contribution in [2.45, 2.75) is 27.2 Å². The average Bonchev–Trinajstić information content (AvgIpc) is 2.35. The first kappa shape index (κ1) is 14.3. The van der Waals surface area contributed by atoms with Crippen LogP contribution in [0.5, 0.6) is 5.75 Å². The van der Waals surface area contributed by atoms with Gasteiger partial charge in [0, 0.05) is 5.39 Å². The van der Waals surface area contributed by atoms with Crippen LogP contribution in [-0.4, -0.2) is 22.7 Å². The van der Waals surface area contributed by atoms with Gasteiger partial charge in [0.05, 0.1) is 24.2 Å². The molecule has 0 aliphatic carbocycles. The molecule has 0 amide bonds. The maximum Gasteiger partial charge on any atom is 0.309 e. The summed E-state index contributed by atoms with van der Waals surface area (Å²) in [4.78, 5) is 15.1. The molecule has 106 valence electrons. The molecule has 0 radical (unpaired) electrons. The van der Waals surface area contributed by atoms with Crippen LogP contribution in [0.25, 0.3) is 10.9 Å². The van der Waals surface area contributed by atoms with Gasteiger partial charge in [0.25, 0.3) is 0 Å². The number of carboxylic acid groups (broad SMARTS) is 1. The van der Waals surface area contributed by atoms with Crippen molar-refractivity contribution in [3.63, 3.8) is 0 Å². The van der Waals surface area contributed by atoms with E-state index in [1.807, 2.05) is 31.2 Å². The quantitative estimate of drug-likeness (QED) is 0.908. The van der Waals surface area contributed by atoms with E-state index < -0.39 is 5.97 Å². The predicted octanol–water partition coefficient (Wildman–Crippen LogP) is 3.21. The van der Waals surface area contributed by atoms with Gasteiger partial charge >= 0.3 is 5.97 Å². The summed E-state index contributed by atoms with van der Waals surface area (Å²) in [5.74, 6) is 0.429. The fourth-order valence-corrected chi connectivity index (χ4v) is 2.04. The van der Waals surface area contributed by atoms with Gasteiger partial charge in [-0.2, -0.15) is 0 Å². The first-order chi connectivity index (χ1) is 9.45. The molecule has 0 atom stereocenters. The third-order valence-corrected chi connectivity index (χ3v) is 2.96. The molecule has 1 N–H and O–H groups in total. The van der Waals surface area contributed by atoms with E-state index in [0.29, 0.717) is 18.2 Å². The molecule has 0 spiro atoms. The molecule has 2 rings (SSSR count). The second kappa shape index (κ2) is 5.90. The number of carbonyl (C=O) groups is 1. The first-order valence-corrected chi connectivity index (χ1v) is 6.70. The molecule has 4 heteroatoms. The molecule has 0 fully saturated rings. The van der Waals surface area contributed by atoms with E-state index in [2.05, 4.69) is 18.8 Å². The number of nitrogens with zero attached hydrogens (tertiary/aromatic N) is 1. The zero-order valence-corrected chi connectivity index (χ0v) is 12.0. The minimum absolute atomic E-state index is 0.0532. The number of ether oxygens (including phenoxy) is 1. The van der Waals surface area contributed by atoms with Crippen LogP contribution < -0.4 is 4.74 Å². The number of hydrogen-bond acceptors (Lipinski definition) is 3. The maximum absolute atomic E-state index is 10.8. The molecule has 0 aliphatic heterocycles. The van der Waals surface area contributed by atoms with Crippen LogP contribution in [0.1, 0.15) is 25.1 Å². The van der Waals surface area contributed by atoms with Crippen molar-refractivity contribution < 1.29 is 14.6 Å². The Hall–Kier alpha value is -2.10. The molecular weight excluding hydrogens is 254 g/mol. The minimum Gasteiger partial charge on any atom is -0.493 e. The molecule has 1 heterocycles. The molecule has 0 saturated carbocycles. The van der Waals surface area contributed by atoms with Gasteiger partial charge in [-0.05, 0) is 42.7 Å². The lowest BCUT2D eigenvalue weighted by molar-refractivity contribution is -0.136. The fraction of sp³-hybridized carbons (Fsp3) is 0.375. The number of fused-ring (bicyclic) bond motifs is 1. The number of hydrogen-bond donors (Lipinski definition) is 1. The highest BCUT2D eigenvalue weighted by Crippen LogP contribution is 2.24.